The molecule has 2 atom stereocenters. The van der Waals surface area contributed by atoms with Crippen LogP contribution in [0.25, 0.3) is 45.5 Å². The zero-order valence-corrected chi connectivity index (χ0v) is 41.1. The summed E-state index contributed by atoms with van der Waals surface area (Å²) in [7, 11) is -0.615. The molecule has 58 heavy (non-hydrogen) atoms. The van der Waals surface area contributed by atoms with Crippen molar-refractivity contribution in [2.75, 3.05) is 0 Å². The van der Waals surface area contributed by atoms with Crippen molar-refractivity contribution in [2.24, 2.45) is 0 Å². The molecule has 0 saturated heterocycles. The van der Waals surface area contributed by atoms with Gasteiger partial charge in [-0.05, 0) is 0 Å². The minimum atomic E-state index is -3.13. The standard InChI is InChI=1S/2C22H25.C12H9Si.Hf/c2*1-5-6-8-18-13-19-9-7-10-21(22(19)14-18)20-12-11-15(2)16(3)17(20)4;1-3-7-11-9(5-1)10-6-2-4-8-12(10)13-11;/h2*7,9-14H,5-6,8H2,1-4H3;1-7H,13H2;. The molecule has 3 aliphatic rings. The Kier molecular flexibility index (Phi) is 11.0. The number of hydrogen-bond donors (Lipinski definition) is 0. The van der Waals surface area contributed by atoms with E-state index < -0.39 is 31.0 Å². The first-order chi connectivity index (χ1) is 28.2. The number of fused-ring (bicyclic) bond motifs is 5. The van der Waals surface area contributed by atoms with Gasteiger partial charge < -0.3 is 0 Å². The van der Waals surface area contributed by atoms with Crippen molar-refractivity contribution in [1.82, 2.24) is 0 Å². The third kappa shape index (κ3) is 6.58. The summed E-state index contributed by atoms with van der Waals surface area (Å²) in [6, 6.07) is 41.3. The van der Waals surface area contributed by atoms with E-state index in [2.05, 4.69) is 171 Å². The second kappa shape index (κ2) is 16.2. The number of aryl methyl sites for hydroxylation is 2. The maximum atomic E-state index is 2.72. The molecule has 0 saturated carbocycles. The van der Waals surface area contributed by atoms with E-state index in [1.165, 1.54) is 111 Å². The van der Waals surface area contributed by atoms with Crippen LogP contribution in [0.2, 0.25) is 0 Å². The van der Waals surface area contributed by atoms with Gasteiger partial charge in [0.05, 0.1) is 0 Å². The summed E-state index contributed by atoms with van der Waals surface area (Å²) in [6.45, 7) is 18.6. The molecule has 0 bridgehead atoms. The molecule has 0 nitrogen and oxygen atoms in total. The van der Waals surface area contributed by atoms with E-state index in [-0.39, 0.29) is 0 Å². The molecule has 291 valence electrons. The first-order valence-electron chi connectivity index (χ1n) is 22.1. The van der Waals surface area contributed by atoms with E-state index in [9.17, 15) is 0 Å². The van der Waals surface area contributed by atoms with Gasteiger partial charge in [0.15, 0.2) is 0 Å². The minimum absolute atomic E-state index is 0.510. The summed E-state index contributed by atoms with van der Waals surface area (Å²) in [4.78, 5) is 0. The van der Waals surface area contributed by atoms with Crippen molar-refractivity contribution in [2.45, 2.75) is 101 Å². The third-order valence-electron chi connectivity index (χ3n) is 14.4. The number of allylic oxidation sites excluding steroid dienone is 2. The molecule has 2 unspecified atom stereocenters. The van der Waals surface area contributed by atoms with E-state index >= 15 is 0 Å². The molecule has 2 heteroatoms. The molecule has 0 N–H and O–H groups in total. The van der Waals surface area contributed by atoms with Gasteiger partial charge in [0.2, 0.25) is 0 Å². The van der Waals surface area contributed by atoms with Crippen LogP contribution in [-0.2, 0) is 21.4 Å². The van der Waals surface area contributed by atoms with Crippen LogP contribution in [0.1, 0.15) is 115 Å². The Balaban J connectivity index is 1.31. The second-order valence-electron chi connectivity index (χ2n) is 17.6. The van der Waals surface area contributed by atoms with Gasteiger partial charge in [0.25, 0.3) is 0 Å². The van der Waals surface area contributed by atoms with Gasteiger partial charge in [0.1, 0.15) is 0 Å². The molecule has 0 radical (unpaired) electrons. The van der Waals surface area contributed by atoms with Gasteiger partial charge in [-0.3, -0.25) is 0 Å². The third-order valence-corrected chi connectivity index (χ3v) is 31.1. The Hall–Kier alpha value is -4.11. The number of benzene rings is 6. The van der Waals surface area contributed by atoms with Crippen molar-refractivity contribution >= 4 is 35.4 Å². The molecule has 0 spiro atoms. The van der Waals surface area contributed by atoms with Crippen molar-refractivity contribution < 1.29 is 21.4 Å². The average molecular weight is 939 g/mol. The Labute approximate surface area is 358 Å². The Morgan fingerprint density at radius 1 is 0.466 bits per heavy atom. The van der Waals surface area contributed by atoms with Crippen LogP contribution in [-0.4, -0.2) is 9.52 Å². The molecule has 1 aliphatic heterocycles. The molecule has 6 aromatic rings. The molecular formula is C56H59HfSi. The normalized spacial score (nSPS) is 16.6. The molecule has 2 aliphatic carbocycles. The van der Waals surface area contributed by atoms with Gasteiger partial charge in [0, 0.05) is 0 Å². The number of hydrogen-bond acceptors (Lipinski definition) is 0. The van der Waals surface area contributed by atoms with E-state index in [4.69, 9.17) is 0 Å². The molecule has 0 fully saturated rings. The second-order valence-corrected chi connectivity index (χ2v) is 28.8. The van der Waals surface area contributed by atoms with Crippen molar-refractivity contribution in [3.8, 4) is 33.4 Å². The summed E-state index contributed by atoms with van der Waals surface area (Å²) in [5, 5.41) is 3.41. The first-order valence-corrected chi connectivity index (χ1v) is 29.5. The summed E-state index contributed by atoms with van der Waals surface area (Å²) < 4.78 is 2.84. The first kappa shape index (κ1) is 39.4. The SMILES string of the molecule is CCCCC1=Cc2c(-c3ccc(C)c(C)c3C)cccc2[CH]1[Hf]([c]1cccc2c1[SiH2]c1ccccc1-2)[CH]1C(CCCC)=Cc2c(-c3ccc(C)c(C)c3C)cccc21. The molecule has 1 heterocycles. The van der Waals surface area contributed by atoms with Crippen molar-refractivity contribution in [1.29, 1.82) is 0 Å². The monoisotopic (exact) mass is 939 g/mol. The van der Waals surface area contributed by atoms with Crippen LogP contribution in [0.5, 0.6) is 0 Å². The fourth-order valence-corrected chi connectivity index (χ4v) is 30.2. The molecule has 9 rings (SSSR count). The number of rotatable bonds is 11. The van der Waals surface area contributed by atoms with Crippen molar-refractivity contribution in [3.05, 3.63) is 170 Å². The summed E-state index contributed by atoms with van der Waals surface area (Å²) >= 11 is -3.13. The maximum absolute atomic E-state index is 3.13. The molecule has 0 aromatic heterocycles. The number of unbranched alkanes of at least 4 members (excludes halogenated alkanes) is 2. The average Bonchev–Trinajstić information content (AvgIpc) is 3.93. The van der Waals surface area contributed by atoms with E-state index in [0.29, 0.717) is 7.35 Å². The van der Waals surface area contributed by atoms with Crippen LogP contribution >= 0.6 is 0 Å². The van der Waals surface area contributed by atoms with Gasteiger partial charge in [-0.2, -0.15) is 0 Å². The van der Waals surface area contributed by atoms with Gasteiger partial charge in [-0.1, -0.05) is 0 Å². The van der Waals surface area contributed by atoms with Crippen molar-refractivity contribution in [3.63, 3.8) is 0 Å². The van der Waals surface area contributed by atoms with Crippen LogP contribution in [0.15, 0.2) is 114 Å². The van der Waals surface area contributed by atoms with Crippen LogP contribution in [0, 0.1) is 41.5 Å². The predicted octanol–water partition coefficient (Wildman–Crippen LogP) is 12.9. The Bertz CT molecular complexity index is 2520. The zero-order valence-electron chi connectivity index (χ0n) is 36.1. The van der Waals surface area contributed by atoms with Gasteiger partial charge >= 0.3 is 361 Å². The summed E-state index contributed by atoms with van der Waals surface area (Å²) in [5.74, 6) is 0. The fraction of sp³-hybridized carbons (Fsp3) is 0.286. The van der Waals surface area contributed by atoms with E-state index in [1.807, 2.05) is 3.32 Å². The van der Waals surface area contributed by atoms with Crippen LogP contribution < -0.4 is 13.7 Å². The quantitative estimate of drug-likeness (QED) is 0.113. The topological polar surface area (TPSA) is 0 Å². The van der Waals surface area contributed by atoms with E-state index in [0.717, 1.165) is 0 Å². The molecule has 6 aromatic carbocycles. The predicted molar refractivity (Wildman–Crippen MR) is 252 cm³/mol. The molecular weight excluding hydrogens is 879 g/mol. The molecule has 0 amide bonds. The van der Waals surface area contributed by atoms with Gasteiger partial charge in [-0.25, -0.2) is 0 Å². The Morgan fingerprint density at radius 3 is 1.48 bits per heavy atom. The fourth-order valence-electron chi connectivity index (χ4n) is 10.7. The Morgan fingerprint density at radius 2 is 0.948 bits per heavy atom. The zero-order chi connectivity index (χ0) is 40.2. The van der Waals surface area contributed by atoms with Gasteiger partial charge in [-0.15, -0.1) is 0 Å². The van der Waals surface area contributed by atoms with Crippen LogP contribution in [0.4, 0.5) is 0 Å². The van der Waals surface area contributed by atoms with Crippen LogP contribution in [0.3, 0.4) is 0 Å². The summed E-state index contributed by atoms with van der Waals surface area (Å²) in [5.41, 5.74) is 26.9. The van der Waals surface area contributed by atoms with E-state index in [1.54, 1.807) is 38.2 Å². The summed E-state index contributed by atoms with van der Waals surface area (Å²) in [6.07, 6.45) is 12.8.